The van der Waals surface area contributed by atoms with Gasteiger partial charge >= 0.3 is 0 Å². The first kappa shape index (κ1) is 12.7. The molecule has 2 aromatic rings. The summed E-state index contributed by atoms with van der Waals surface area (Å²) in [6.45, 7) is 1.83. The maximum atomic E-state index is 9.02. The molecule has 0 saturated carbocycles. The second-order valence-electron chi connectivity index (χ2n) is 3.57. The van der Waals surface area contributed by atoms with Crippen LogP contribution in [0.2, 0.25) is 0 Å². The van der Waals surface area contributed by atoms with E-state index in [1.165, 1.54) is 24.3 Å². The normalized spacial score (nSPS) is 9.24. The number of aromatic hydroxyl groups is 3. The van der Waals surface area contributed by atoms with Gasteiger partial charge in [-0.05, 0) is 30.7 Å². The summed E-state index contributed by atoms with van der Waals surface area (Å²) >= 11 is 0. The predicted molar refractivity (Wildman–Crippen MR) is 67.0 cm³/mol. The molecule has 17 heavy (non-hydrogen) atoms. The van der Waals surface area contributed by atoms with Crippen molar-refractivity contribution in [3.05, 3.63) is 48.0 Å². The standard InChI is InChI=1S/C7H9NO.C6H6O2/c1-5-2-3-6(8)4-7(5)9;7-5-2-1-3-6(8)4-5/h2-4,9H,8H2,1H3;1-4,7-8H. The molecule has 0 atom stereocenters. The van der Waals surface area contributed by atoms with E-state index in [0.717, 1.165) is 5.56 Å². The number of nitrogens with two attached hydrogens (primary N) is 1. The lowest BCUT2D eigenvalue weighted by Gasteiger charge is -1.97. The van der Waals surface area contributed by atoms with Gasteiger partial charge in [0.05, 0.1) is 0 Å². The number of phenolic OH excluding ortho intramolecular Hbond substituents is 3. The van der Waals surface area contributed by atoms with Crippen molar-refractivity contribution in [2.45, 2.75) is 6.92 Å². The van der Waals surface area contributed by atoms with Gasteiger partial charge in [-0.1, -0.05) is 12.1 Å². The molecule has 90 valence electrons. The van der Waals surface area contributed by atoms with E-state index in [4.69, 9.17) is 21.1 Å². The van der Waals surface area contributed by atoms with E-state index in [1.807, 2.05) is 6.92 Å². The van der Waals surface area contributed by atoms with Crippen LogP contribution in [-0.4, -0.2) is 15.3 Å². The van der Waals surface area contributed by atoms with Gasteiger partial charge in [-0.15, -0.1) is 0 Å². The summed E-state index contributed by atoms with van der Waals surface area (Å²) in [6, 6.07) is 10.9. The molecule has 0 spiro atoms. The average molecular weight is 233 g/mol. The summed E-state index contributed by atoms with van der Waals surface area (Å²) < 4.78 is 0. The third kappa shape index (κ3) is 4.34. The number of nitrogen functional groups attached to an aromatic ring is 1. The van der Waals surface area contributed by atoms with Crippen LogP contribution in [0.1, 0.15) is 5.56 Å². The van der Waals surface area contributed by atoms with Crippen molar-refractivity contribution in [1.82, 2.24) is 0 Å². The molecule has 0 bridgehead atoms. The van der Waals surface area contributed by atoms with Crippen LogP contribution in [-0.2, 0) is 0 Å². The number of hydrogen-bond acceptors (Lipinski definition) is 4. The van der Waals surface area contributed by atoms with E-state index in [2.05, 4.69) is 0 Å². The molecule has 0 heterocycles. The number of phenols is 3. The van der Waals surface area contributed by atoms with Crippen molar-refractivity contribution in [2.75, 3.05) is 5.73 Å². The first-order valence-electron chi connectivity index (χ1n) is 5.02. The molecule has 4 heteroatoms. The lowest BCUT2D eigenvalue weighted by Crippen LogP contribution is -1.83. The van der Waals surface area contributed by atoms with Crippen molar-refractivity contribution in [1.29, 1.82) is 0 Å². The van der Waals surface area contributed by atoms with Crippen LogP contribution in [0.5, 0.6) is 17.2 Å². The predicted octanol–water partition coefficient (Wildman–Crippen LogP) is 2.38. The molecule has 4 nitrogen and oxygen atoms in total. The highest BCUT2D eigenvalue weighted by atomic mass is 16.3. The number of anilines is 1. The van der Waals surface area contributed by atoms with Crippen LogP contribution in [0.25, 0.3) is 0 Å². The molecular formula is C13H15NO3. The highest BCUT2D eigenvalue weighted by Crippen LogP contribution is 2.17. The van der Waals surface area contributed by atoms with E-state index >= 15 is 0 Å². The van der Waals surface area contributed by atoms with E-state index in [-0.39, 0.29) is 17.2 Å². The van der Waals surface area contributed by atoms with Gasteiger partial charge < -0.3 is 21.1 Å². The van der Waals surface area contributed by atoms with Gasteiger partial charge in [-0.3, -0.25) is 0 Å². The van der Waals surface area contributed by atoms with Gasteiger partial charge in [0, 0.05) is 17.8 Å². The summed E-state index contributed by atoms with van der Waals surface area (Å²) in [7, 11) is 0. The Kier molecular flexibility index (Phi) is 4.22. The minimum Gasteiger partial charge on any atom is -0.508 e. The summed E-state index contributed by atoms with van der Waals surface area (Å²) in [6.07, 6.45) is 0. The molecule has 0 aliphatic rings. The molecule has 0 aliphatic heterocycles. The van der Waals surface area contributed by atoms with E-state index < -0.39 is 0 Å². The van der Waals surface area contributed by atoms with Gasteiger partial charge in [0.25, 0.3) is 0 Å². The molecule has 5 N–H and O–H groups in total. The van der Waals surface area contributed by atoms with Gasteiger partial charge in [0.15, 0.2) is 0 Å². The quantitative estimate of drug-likeness (QED) is 0.526. The average Bonchev–Trinajstić information content (AvgIpc) is 2.24. The zero-order chi connectivity index (χ0) is 12.8. The fourth-order valence-corrected chi connectivity index (χ4v) is 1.12. The largest absolute Gasteiger partial charge is 0.508 e. The summed E-state index contributed by atoms with van der Waals surface area (Å²) in [5.74, 6) is 0.435. The Labute approximate surface area is 99.6 Å². The lowest BCUT2D eigenvalue weighted by atomic mass is 10.2. The Hall–Kier alpha value is -2.36. The topological polar surface area (TPSA) is 86.7 Å². The fourth-order valence-electron chi connectivity index (χ4n) is 1.12. The molecule has 0 aromatic heterocycles. The minimum atomic E-state index is 0.0880. The number of rotatable bonds is 0. The second-order valence-corrected chi connectivity index (χ2v) is 3.57. The van der Waals surface area contributed by atoms with Crippen LogP contribution >= 0.6 is 0 Å². The first-order chi connectivity index (χ1) is 7.99. The van der Waals surface area contributed by atoms with Crippen molar-refractivity contribution < 1.29 is 15.3 Å². The third-order valence-corrected chi connectivity index (χ3v) is 2.06. The van der Waals surface area contributed by atoms with E-state index in [1.54, 1.807) is 18.2 Å². The number of benzene rings is 2. The Morgan fingerprint density at radius 2 is 1.47 bits per heavy atom. The molecule has 0 amide bonds. The Morgan fingerprint density at radius 1 is 0.882 bits per heavy atom. The van der Waals surface area contributed by atoms with Crippen molar-refractivity contribution >= 4 is 5.69 Å². The monoisotopic (exact) mass is 233 g/mol. The first-order valence-corrected chi connectivity index (χ1v) is 5.02. The van der Waals surface area contributed by atoms with Crippen molar-refractivity contribution in [3.63, 3.8) is 0 Å². The second kappa shape index (κ2) is 5.65. The van der Waals surface area contributed by atoms with Crippen LogP contribution in [0.15, 0.2) is 42.5 Å². The van der Waals surface area contributed by atoms with Gasteiger partial charge in [-0.2, -0.15) is 0 Å². The zero-order valence-corrected chi connectivity index (χ0v) is 9.46. The SMILES string of the molecule is Cc1ccc(N)cc1O.Oc1cccc(O)c1. The van der Waals surface area contributed by atoms with Gasteiger partial charge in [-0.25, -0.2) is 0 Å². The molecular weight excluding hydrogens is 218 g/mol. The Balaban J connectivity index is 0.000000171. The smallest absolute Gasteiger partial charge is 0.120 e. The van der Waals surface area contributed by atoms with Crippen LogP contribution in [0.4, 0.5) is 5.69 Å². The highest BCUT2D eigenvalue weighted by molar-refractivity contribution is 5.47. The fraction of sp³-hybridized carbons (Fsp3) is 0.0769. The minimum absolute atomic E-state index is 0.0880. The lowest BCUT2D eigenvalue weighted by molar-refractivity contribution is 0.450. The molecule has 0 saturated heterocycles. The number of aryl methyl sites for hydroxylation is 1. The molecule has 0 unspecified atom stereocenters. The molecule has 0 fully saturated rings. The Morgan fingerprint density at radius 3 is 1.82 bits per heavy atom. The van der Waals surface area contributed by atoms with Crippen LogP contribution < -0.4 is 5.73 Å². The van der Waals surface area contributed by atoms with Crippen LogP contribution in [0.3, 0.4) is 0 Å². The third-order valence-electron chi connectivity index (χ3n) is 2.06. The highest BCUT2D eigenvalue weighted by Gasteiger charge is 1.92. The Bertz CT molecular complexity index is 481. The maximum Gasteiger partial charge on any atom is 0.120 e. The molecule has 0 aliphatic carbocycles. The molecule has 2 rings (SSSR count). The van der Waals surface area contributed by atoms with Gasteiger partial charge in [0.2, 0.25) is 0 Å². The maximum absolute atomic E-state index is 9.02. The van der Waals surface area contributed by atoms with Crippen molar-refractivity contribution in [3.8, 4) is 17.2 Å². The summed E-state index contributed by atoms with van der Waals surface area (Å²) in [5.41, 5.74) is 6.81. The van der Waals surface area contributed by atoms with E-state index in [9.17, 15) is 0 Å². The van der Waals surface area contributed by atoms with Gasteiger partial charge in [0.1, 0.15) is 17.2 Å². The van der Waals surface area contributed by atoms with Crippen molar-refractivity contribution in [2.24, 2.45) is 0 Å². The summed E-state index contributed by atoms with van der Waals surface area (Å²) in [5, 5.41) is 26.3. The number of hydrogen-bond donors (Lipinski definition) is 4. The van der Waals surface area contributed by atoms with Crippen LogP contribution in [0, 0.1) is 6.92 Å². The molecule has 0 radical (unpaired) electrons. The summed E-state index contributed by atoms with van der Waals surface area (Å²) in [4.78, 5) is 0. The van der Waals surface area contributed by atoms with E-state index in [0.29, 0.717) is 5.69 Å². The zero-order valence-electron chi connectivity index (χ0n) is 9.46. The molecule has 2 aromatic carbocycles.